The number of rotatable bonds is 7. The Kier molecular flexibility index (Phi) is 8.26. The van der Waals surface area contributed by atoms with E-state index in [-0.39, 0.29) is 5.91 Å². The van der Waals surface area contributed by atoms with E-state index in [9.17, 15) is 4.79 Å². The lowest BCUT2D eigenvalue weighted by molar-refractivity contribution is 0.0953. The van der Waals surface area contributed by atoms with Crippen LogP contribution in [-0.4, -0.2) is 16.9 Å². The molecule has 1 rings (SSSR count). The zero-order valence-corrected chi connectivity index (χ0v) is 14.5. The maximum atomic E-state index is 11.9. The maximum absolute atomic E-state index is 11.9. The average molecular weight is 445 g/mol. The number of nitrogens with one attached hydrogen (secondary N) is 1. The van der Waals surface area contributed by atoms with Crippen LogP contribution in [0.3, 0.4) is 0 Å². The van der Waals surface area contributed by atoms with Crippen molar-refractivity contribution >= 4 is 56.0 Å². The van der Waals surface area contributed by atoms with Crippen LogP contribution in [0.15, 0.2) is 22.7 Å². The molecule has 0 aromatic heterocycles. The molecule has 0 spiro atoms. The molecule has 1 aromatic rings. The molecular formula is C13H16BrClINO. The van der Waals surface area contributed by atoms with Crippen LogP contribution >= 0.6 is 50.1 Å². The molecule has 0 aliphatic carbocycles. The van der Waals surface area contributed by atoms with Crippen molar-refractivity contribution in [1.82, 2.24) is 5.32 Å². The maximum Gasteiger partial charge on any atom is 0.252 e. The van der Waals surface area contributed by atoms with Crippen molar-refractivity contribution in [1.29, 1.82) is 0 Å². The van der Waals surface area contributed by atoms with Gasteiger partial charge in [0, 0.05) is 11.0 Å². The summed E-state index contributed by atoms with van der Waals surface area (Å²) < 4.78 is 2.08. The monoisotopic (exact) mass is 443 g/mol. The van der Waals surface area contributed by atoms with Crippen LogP contribution < -0.4 is 5.32 Å². The fraction of sp³-hybridized carbons (Fsp3) is 0.462. The first-order chi connectivity index (χ1) is 8.65. The Morgan fingerprint density at radius 1 is 1.28 bits per heavy atom. The van der Waals surface area contributed by atoms with E-state index >= 15 is 0 Å². The highest BCUT2D eigenvalue weighted by Crippen LogP contribution is 2.21. The zero-order chi connectivity index (χ0) is 13.4. The van der Waals surface area contributed by atoms with Crippen LogP contribution in [0.2, 0.25) is 5.02 Å². The molecule has 1 amide bonds. The molecule has 0 aliphatic rings. The molecule has 5 heteroatoms. The summed E-state index contributed by atoms with van der Waals surface area (Å²) in [5.41, 5.74) is 0.534. The first-order valence-corrected chi connectivity index (χ1v) is 8.64. The third-order valence-electron chi connectivity index (χ3n) is 2.52. The fourth-order valence-electron chi connectivity index (χ4n) is 1.54. The van der Waals surface area contributed by atoms with Gasteiger partial charge in [-0.1, -0.05) is 63.0 Å². The topological polar surface area (TPSA) is 29.1 Å². The summed E-state index contributed by atoms with van der Waals surface area (Å²) in [4.78, 5) is 11.9. The third-order valence-corrected chi connectivity index (χ3v) is 4.09. The molecule has 0 heterocycles. The molecule has 0 bridgehead atoms. The normalized spacial score (nSPS) is 10.4. The number of carbonyl (C=O) groups is 1. The molecule has 0 radical (unpaired) electrons. The van der Waals surface area contributed by atoms with Crippen LogP contribution in [0.4, 0.5) is 0 Å². The minimum atomic E-state index is -0.0959. The molecule has 0 fully saturated rings. The summed E-state index contributed by atoms with van der Waals surface area (Å²) in [6.07, 6.45) is 4.68. The van der Waals surface area contributed by atoms with Gasteiger partial charge in [-0.2, -0.15) is 0 Å². The average Bonchev–Trinajstić information content (AvgIpc) is 2.33. The largest absolute Gasteiger partial charge is 0.352 e. The molecule has 0 atom stereocenters. The highest BCUT2D eigenvalue weighted by atomic mass is 127. The molecule has 18 heavy (non-hydrogen) atoms. The Hall–Kier alpha value is 0.190. The van der Waals surface area contributed by atoms with Gasteiger partial charge < -0.3 is 5.32 Å². The van der Waals surface area contributed by atoms with Crippen molar-refractivity contribution < 1.29 is 4.79 Å². The van der Waals surface area contributed by atoms with E-state index in [1.165, 1.54) is 17.3 Å². The molecule has 1 aromatic carbocycles. The molecule has 0 saturated carbocycles. The predicted molar refractivity (Wildman–Crippen MR) is 88.8 cm³/mol. The summed E-state index contributed by atoms with van der Waals surface area (Å²) in [7, 11) is 0. The number of carbonyl (C=O) groups excluding carboxylic acids is 1. The predicted octanol–water partition coefficient (Wildman–Crippen LogP) is 4.83. The lowest BCUT2D eigenvalue weighted by Crippen LogP contribution is -2.24. The minimum absolute atomic E-state index is 0.0959. The number of amides is 1. The van der Waals surface area contributed by atoms with E-state index in [1.807, 2.05) is 6.07 Å². The van der Waals surface area contributed by atoms with E-state index in [0.717, 1.165) is 17.3 Å². The van der Waals surface area contributed by atoms with Crippen molar-refractivity contribution in [3.05, 3.63) is 33.3 Å². The number of hydrogen-bond acceptors (Lipinski definition) is 1. The molecule has 0 saturated heterocycles. The lowest BCUT2D eigenvalue weighted by Gasteiger charge is -2.07. The smallest absolute Gasteiger partial charge is 0.252 e. The molecule has 0 unspecified atom stereocenters. The van der Waals surface area contributed by atoms with Crippen LogP contribution in [0, 0.1) is 0 Å². The number of alkyl halides is 1. The Morgan fingerprint density at radius 3 is 2.67 bits per heavy atom. The van der Waals surface area contributed by atoms with Gasteiger partial charge in [0.15, 0.2) is 0 Å². The highest BCUT2D eigenvalue weighted by molar-refractivity contribution is 14.1. The lowest BCUT2D eigenvalue weighted by atomic mass is 10.2. The van der Waals surface area contributed by atoms with Gasteiger partial charge in [-0.05, 0) is 35.5 Å². The van der Waals surface area contributed by atoms with Gasteiger partial charge in [0.25, 0.3) is 5.91 Å². The van der Waals surface area contributed by atoms with Gasteiger partial charge >= 0.3 is 0 Å². The summed E-state index contributed by atoms with van der Waals surface area (Å²) in [5, 5.41) is 3.37. The number of benzene rings is 1. The SMILES string of the molecule is O=C(NCCCCCCI)c1ccc(Br)cc1Cl. The van der Waals surface area contributed by atoms with Crippen LogP contribution in [0.1, 0.15) is 36.0 Å². The van der Waals surface area contributed by atoms with E-state index in [4.69, 9.17) is 11.6 Å². The summed E-state index contributed by atoms with van der Waals surface area (Å²) >= 11 is 11.7. The number of halogens is 3. The van der Waals surface area contributed by atoms with Crippen molar-refractivity contribution in [3.8, 4) is 0 Å². The van der Waals surface area contributed by atoms with E-state index < -0.39 is 0 Å². The highest BCUT2D eigenvalue weighted by Gasteiger charge is 2.09. The molecule has 100 valence electrons. The van der Waals surface area contributed by atoms with Gasteiger partial charge in [0.2, 0.25) is 0 Å². The molecule has 0 aliphatic heterocycles. The van der Waals surface area contributed by atoms with E-state index in [2.05, 4.69) is 43.8 Å². The summed E-state index contributed by atoms with van der Waals surface area (Å²) in [5.74, 6) is -0.0959. The van der Waals surface area contributed by atoms with E-state index in [0.29, 0.717) is 17.1 Å². The minimum Gasteiger partial charge on any atom is -0.352 e. The Labute approximate surface area is 135 Å². The zero-order valence-electron chi connectivity index (χ0n) is 10.0. The molecule has 2 nitrogen and oxygen atoms in total. The van der Waals surface area contributed by atoms with Gasteiger partial charge in [-0.15, -0.1) is 0 Å². The van der Waals surface area contributed by atoms with Gasteiger partial charge in [0.1, 0.15) is 0 Å². The first-order valence-electron chi connectivity index (χ1n) is 5.94. The van der Waals surface area contributed by atoms with Crippen LogP contribution in [0.5, 0.6) is 0 Å². The second kappa shape index (κ2) is 9.15. The Bertz CT molecular complexity index is 401. The van der Waals surface area contributed by atoms with E-state index in [1.54, 1.807) is 12.1 Å². The van der Waals surface area contributed by atoms with Crippen LogP contribution in [-0.2, 0) is 0 Å². The van der Waals surface area contributed by atoms with Crippen molar-refractivity contribution in [2.45, 2.75) is 25.7 Å². The Balaban J connectivity index is 2.32. The summed E-state index contributed by atoms with van der Waals surface area (Å²) in [6.45, 7) is 0.715. The Morgan fingerprint density at radius 2 is 2.00 bits per heavy atom. The van der Waals surface area contributed by atoms with Crippen molar-refractivity contribution in [3.63, 3.8) is 0 Å². The van der Waals surface area contributed by atoms with Crippen molar-refractivity contribution in [2.75, 3.05) is 11.0 Å². The van der Waals surface area contributed by atoms with Crippen LogP contribution in [0.25, 0.3) is 0 Å². The molecule has 1 N–H and O–H groups in total. The number of hydrogen-bond donors (Lipinski definition) is 1. The third kappa shape index (κ3) is 5.89. The second-order valence-corrected chi connectivity index (χ2v) is 6.38. The molecular weight excluding hydrogens is 428 g/mol. The quantitative estimate of drug-likeness (QED) is 0.364. The second-order valence-electron chi connectivity index (χ2n) is 3.98. The van der Waals surface area contributed by atoms with Gasteiger partial charge in [-0.3, -0.25) is 4.79 Å². The standard InChI is InChI=1S/C13H16BrClINO/c14-10-5-6-11(12(15)9-10)13(18)17-8-4-2-1-3-7-16/h5-6,9H,1-4,7-8H2,(H,17,18). The number of unbranched alkanes of at least 4 members (excludes halogenated alkanes) is 3. The fourth-order valence-corrected chi connectivity index (χ4v) is 2.84. The van der Waals surface area contributed by atoms with Gasteiger partial charge in [-0.25, -0.2) is 0 Å². The van der Waals surface area contributed by atoms with Gasteiger partial charge in [0.05, 0.1) is 10.6 Å². The summed E-state index contributed by atoms with van der Waals surface area (Å²) in [6, 6.07) is 5.29. The first kappa shape index (κ1) is 16.2. The van der Waals surface area contributed by atoms with Crippen molar-refractivity contribution in [2.24, 2.45) is 0 Å².